The summed E-state index contributed by atoms with van der Waals surface area (Å²) in [5.74, 6) is -0.201. The number of carbonyl (C=O) groups excluding carboxylic acids is 2. The van der Waals surface area contributed by atoms with Gasteiger partial charge in [0.15, 0.2) is 21.3 Å². The minimum atomic E-state index is -3.99. The van der Waals surface area contributed by atoms with Crippen molar-refractivity contribution in [1.29, 1.82) is 0 Å². The van der Waals surface area contributed by atoms with Gasteiger partial charge in [-0.25, -0.2) is 8.42 Å². The van der Waals surface area contributed by atoms with Gasteiger partial charge in [0.1, 0.15) is 6.54 Å². The predicted octanol–water partition coefficient (Wildman–Crippen LogP) is 4.25. The van der Waals surface area contributed by atoms with E-state index in [1.54, 1.807) is 54.6 Å². The smallest absolute Gasteiger partial charge is 0.244 e. The van der Waals surface area contributed by atoms with E-state index in [4.69, 9.17) is 21.1 Å². The van der Waals surface area contributed by atoms with Crippen molar-refractivity contribution in [2.24, 2.45) is 0 Å². The van der Waals surface area contributed by atoms with Gasteiger partial charge in [-0.2, -0.15) is 0 Å². The highest BCUT2D eigenvalue weighted by atomic mass is 35.5. The SMILES string of the molecule is COc1ccc(C2CC(=O)N(CC(=O)Nc3cccc(Cl)c3)c3ccccc3S2(=O)=O)cc1OC. The Hall–Kier alpha value is -3.56. The van der Waals surface area contributed by atoms with Crippen molar-refractivity contribution in [3.63, 3.8) is 0 Å². The number of amides is 2. The lowest BCUT2D eigenvalue weighted by molar-refractivity contribution is -0.121. The number of fused-ring (bicyclic) bond motifs is 1. The molecule has 182 valence electrons. The molecule has 10 heteroatoms. The Kier molecular flexibility index (Phi) is 7.00. The van der Waals surface area contributed by atoms with Crippen LogP contribution in [0.1, 0.15) is 17.2 Å². The zero-order chi connectivity index (χ0) is 25.2. The summed E-state index contributed by atoms with van der Waals surface area (Å²) < 4.78 is 38.0. The number of nitrogens with zero attached hydrogens (tertiary/aromatic N) is 1. The maximum absolute atomic E-state index is 13.7. The first kappa shape index (κ1) is 24.6. The number of benzene rings is 3. The van der Waals surface area contributed by atoms with Crippen molar-refractivity contribution < 1.29 is 27.5 Å². The number of rotatable bonds is 6. The first-order valence-electron chi connectivity index (χ1n) is 10.6. The van der Waals surface area contributed by atoms with E-state index in [1.165, 1.54) is 31.3 Å². The van der Waals surface area contributed by atoms with Crippen LogP contribution in [0, 0.1) is 0 Å². The summed E-state index contributed by atoms with van der Waals surface area (Å²) in [7, 11) is -1.06. The second kappa shape index (κ2) is 9.97. The number of hydrogen-bond acceptors (Lipinski definition) is 6. The number of carbonyl (C=O) groups is 2. The van der Waals surface area contributed by atoms with Crippen LogP contribution in [-0.2, 0) is 19.4 Å². The first-order valence-corrected chi connectivity index (χ1v) is 12.6. The van der Waals surface area contributed by atoms with Crippen molar-refractivity contribution in [3.05, 3.63) is 77.3 Å². The van der Waals surface area contributed by atoms with Gasteiger partial charge >= 0.3 is 0 Å². The summed E-state index contributed by atoms with van der Waals surface area (Å²) in [5.41, 5.74) is 1.01. The van der Waals surface area contributed by atoms with Gasteiger partial charge in [-0.3, -0.25) is 9.59 Å². The molecule has 35 heavy (non-hydrogen) atoms. The van der Waals surface area contributed by atoms with Crippen LogP contribution in [0.3, 0.4) is 0 Å². The lowest BCUT2D eigenvalue weighted by Gasteiger charge is -2.22. The van der Waals surface area contributed by atoms with Crippen LogP contribution in [-0.4, -0.2) is 41.0 Å². The average molecular weight is 515 g/mol. The number of para-hydroxylation sites is 1. The van der Waals surface area contributed by atoms with Crippen molar-refractivity contribution in [3.8, 4) is 11.5 Å². The van der Waals surface area contributed by atoms with Crippen LogP contribution in [0.4, 0.5) is 11.4 Å². The molecule has 0 aliphatic carbocycles. The quantitative estimate of drug-likeness (QED) is 0.527. The number of sulfone groups is 1. The van der Waals surface area contributed by atoms with E-state index in [2.05, 4.69) is 5.32 Å². The second-order valence-corrected chi connectivity index (χ2v) is 10.4. The van der Waals surface area contributed by atoms with Gasteiger partial charge in [-0.15, -0.1) is 0 Å². The standard InChI is InChI=1S/C25H23ClN2O6S/c1-33-20-11-10-16(12-21(20)34-2)23-14-25(30)28(19-8-3-4-9-22(19)35(23,31)32)15-24(29)27-18-7-5-6-17(26)13-18/h3-13,23H,14-15H2,1-2H3,(H,27,29). The third-order valence-corrected chi connectivity index (χ3v) is 8.07. The minimum Gasteiger partial charge on any atom is -0.493 e. The number of ether oxygens (including phenoxy) is 2. The van der Waals surface area contributed by atoms with Gasteiger partial charge in [0.05, 0.1) is 30.1 Å². The number of methoxy groups -OCH3 is 2. The van der Waals surface area contributed by atoms with Crippen molar-refractivity contribution in [2.45, 2.75) is 16.6 Å². The first-order chi connectivity index (χ1) is 16.7. The number of hydrogen-bond donors (Lipinski definition) is 1. The summed E-state index contributed by atoms with van der Waals surface area (Å²) in [6, 6.07) is 17.5. The van der Waals surface area contributed by atoms with Gasteiger partial charge in [0.2, 0.25) is 11.8 Å². The molecule has 1 aliphatic heterocycles. The third-order valence-electron chi connectivity index (χ3n) is 5.69. The van der Waals surface area contributed by atoms with Gasteiger partial charge in [-0.1, -0.05) is 35.9 Å². The van der Waals surface area contributed by atoms with Crippen LogP contribution in [0.2, 0.25) is 5.02 Å². The van der Waals surface area contributed by atoms with Gasteiger partial charge < -0.3 is 19.7 Å². The molecule has 1 aliphatic rings. The summed E-state index contributed by atoms with van der Waals surface area (Å²) in [4.78, 5) is 27.3. The fraction of sp³-hybridized carbons (Fsp3) is 0.200. The molecule has 0 bridgehead atoms. The second-order valence-electron chi connectivity index (χ2n) is 7.86. The summed E-state index contributed by atoms with van der Waals surface area (Å²) in [6.07, 6.45) is -0.350. The molecule has 3 aromatic carbocycles. The number of nitrogens with one attached hydrogen (secondary N) is 1. The van der Waals surface area contributed by atoms with Crippen LogP contribution >= 0.6 is 11.6 Å². The Balaban J connectivity index is 1.71. The monoisotopic (exact) mass is 514 g/mol. The molecule has 0 radical (unpaired) electrons. The molecule has 2 amide bonds. The maximum Gasteiger partial charge on any atom is 0.244 e. The van der Waals surface area contributed by atoms with Crippen LogP contribution in [0.15, 0.2) is 71.6 Å². The highest BCUT2D eigenvalue weighted by molar-refractivity contribution is 7.92. The largest absolute Gasteiger partial charge is 0.493 e. The van der Waals surface area contributed by atoms with Crippen LogP contribution < -0.4 is 19.7 Å². The van der Waals surface area contributed by atoms with Crippen molar-refractivity contribution in [2.75, 3.05) is 31.0 Å². The third kappa shape index (κ3) is 4.96. The molecule has 3 aromatic rings. The number of anilines is 2. The molecular formula is C25H23ClN2O6S. The lowest BCUT2D eigenvalue weighted by atomic mass is 10.1. The molecule has 4 rings (SSSR count). The maximum atomic E-state index is 13.7. The van der Waals surface area contributed by atoms with E-state index in [0.29, 0.717) is 27.8 Å². The topological polar surface area (TPSA) is 102 Å². The van der Waals surface area contributed by atoms with Crippen molar-refractivity contribution in [1.82, 2.24) is 0 Å². The Labute approximate surface area is 208 Å². The molecule has 0 saturated heterocycles. The fourth-order valence-electron chi connectivity index (χ4n) is 4.02. The molecule has 0 fully saturated rings. The average Bonchev–Trinajstić information content (AvgIpc) is 2.92. The Morgan fingerprint density at radius 3 is 2.49 bits per heavy atom. The molecule has 0 aromatic heterocycles. The zero-order valence-corrected chi connectivity index (χ0v) is 20.6. The van der Waals surface area contributed by atoms with Gasteiger partial charge in [-0.05, 0) is 48.0 Å². The fourth-order valence-corrected chi connectivity index (χ4v) is 6.12. The number of halogens is 1. The highest BCUT2D eigenvalue weighted by Crippen LogP contribution is 2.42. The van der Waals surface area contributed by atoms with Gasteiger partial charge in [0.25, 0.3) is 0 Å². The minimum absolute atomic E-state index is 0.0267. The zero-order valence-electron chi connectivity index (χ0n) is 19.0. The van der Waals surface area contributed by atoms with Crippen LogP contribution in [0.25, 0.3) is 0 Å². The lowest BCUT2D eigenvalue weighted by Crippen LogP contribution is -2.38. The molecule has 1 unspecified atom stereocenters. The van der Waals surface area contributed by atoms with E-state index in [1.807, 2.05) is 0 Å². The summed E-state index contributed by atoms with van der Waals surface area (Å²) >= 11 is 5.98. The summed E-state index contributed by atoms with van der Waals surface area (Å²) in [5, 5.41) is 1.97. The molecule has 0 spiro atoms. The van der Waals surface area contributed by atoms with Gasteiger partial charge in [0, 0.05) is 17.1 Å². The molecule has 1 heterocycles. The molecule has 0 saturated carbocycles. The van der Waals surface area contributed by atoms with Crippen molar-refractivity contribution >= 4 is 44.6 Å². The molecule has 8 nitrogen and oxygen atoms in total. The van der Waals surface area contributed by atoms with Crippen LogP contribution in [0.5, 0.6) is 11.5 Å². The van der Waals surface area contributed by atoms with E-state index in [0.717, 1.165) is 0 Å². The molecule has 1 N–H and O–H groups in total. The van der Waals surface area contributed by atoms with E-state index in [9.17, 15) is 18.0 Å². The van der Waals surface area contributed by atoms with E-state index in [-0.39, 0.29) is 23.5 Å². The van der Waals surface area contributed by atoms with E-state index < -0.39 is 26.9 Å². The van der Waals surface area contributed by atoms with E-state index >= 15 is 0 Å². The Bertz CT molecular complexity index is 1390. The predicted molar refractivity (Wildman–Crippen MR) is 133 cm³/mol. The Morgan fingerprint density at radius 2 is 1.77 bits per heavy atom. The summed E-state index contributed by atoms with van der Waals surface area (Å²) in [6.45, 7) is -0.365. The molecular weight excluding hydrogens is 492 g/mol. The Morgan fingerprint density at radius 1 is 1.03 bits per heavy atom. The highest BCUT2D eigenvalue weighted by Gasteiger charge is 2.40. The molecule has 1 atom stereocenters. The normalized spacial score (nSPS) is 16.7.